The molecule has 1 N–H and O–H groups in total. The number of benzene rings is 2. The topological polar surface area (TPSA) is 46.4 Å². The van der Waals surface area contributed by atoms with Crippen LogP contribution in [0.5, 0.6) is 0 Å². The second kappa shape index (κ2) is 6.70. The van der Waals surface area contributed by atoms with Crippen LogP contribution in [-0.2, 0) is 0 Å². The number of hydrazone groups is 1. The van der Waals surface area contributed by atoms with E-state index in [1.165, 1.54) is 24.4 Å². The summed E-state index contributed by atoms with van der Waals surface area (Å²) in [6, 6.07) is 19.3. The van der Waals surface area contributed by atoms with Gasteiger partial charge in [0.2, 0.25) is 0 Å². The van der Waals surface area contributed by atoms with Gasteiger partial charge in [-0.3, -0.25) is 4.79 Å². The zero-order valence-electron chi connectivity index (χ0n) is 12.2. The van der Waals surface area contributed by atoms with E-state index in [2.05, 4.69) is 10.5 Å². The highest BCUT2D eigenvalue weighted by atomic mass is 19.1. The molecule has 4 nitrogen and oxygen atoms in total. The van der Waals surface area contributed by atoms with E-state index in [0.717, 1.165) is 11.4 Å². The van der Waals surface area contributed by atoms with E-state index in [9.17, 15) is 9.18 Å². The Morgan fingerprint density at radius 3 is 2.52 bits per heavy atom. The van der Waals surface area contributed by atoms with Gasteiger partial charge in [-0.05, 0) is 36.4 Å². The lowest BCUT2D eigenvalue weighted by Crippen LogP contribution is -2.19. The minimum atomic E-state index is -0.586. The molecule has 23 heavy (non-hydrogen) atoms. The molecule has 0 saturated carbocycles. The van der Waals surface area contributed by atoms with Gasteiger partial charge in [0, 0.05) is 11.9 Å². The van der Waals surface area contributed by atoms with Crippen molar-refractivity contribution in [2.75, 3.05) is 0 Å². The third-order valence-electron chi connectivity index (χ3n) is 3.30. The lowest BCUT2D eigenvalue weighted by Gasteiger charge is -2.05. The molecule has 0 bridgehead atoms. The van der Waals surface area contributed by atoms with Crippen molar-refractivity contribution in [1.29, 1.82) is 0 Å². The maximum absolute atomic E-state index is 13.5. The predicted octanol–water partition coefficient (Wildman–Crippen LogP) is 3.38. The molecule has 1 amide bonds. The van der Waals surface area contributed by atoms with E-state index in [1.807, 2.05) is 53.2 Å². The summed E-state index contributed by atoms with van der Waals surface area (Å²) in [4.78, 5) is 11.9. The molecule has 0 aliphatic rings. The first-order chi connectivity index (χ1) is 11.3. The Kier molecular flexibility index (Phi) is 4.29. The van der Waals surface area contributed by atoms with E-state index in [-0.39, 0.29) is 5.56 Å². The van der Waals surface area contributed by atoms with Crippen molar-refractivity contribution in [2.45, 2.75) is 0 Å². The van der Waals surface area contributed by atoms with Crippen LogP contribution in [0.3, 0.4) is 0 Å². The van der Waals surface area contributed by atoms with Gasteiger partial charge in [0.1, 0.15) is 5.82 Å². The first-order valence-corrected chi connectivity index (χ1v) is 7.06. The normalized spacial score (nSPS) is 10.8. The van der Waals surface area contributed by atoms with E-state index in [0.29, 0.717) is 0 Å². The van der Waals surface area contributed by atoms with Crippen LogP contribution < -0.4 is 5.43 Å². The van der Waals surface area contributed by atoms with Gasteiger partial charge in [-0.25, -0.2) is 9.82 Å². The summed E-state index contributed by atoms with van der Waals surface area (Å²) in [6.07, 6.45) is 3.42. The third-order valence-corrected chi connectivity index (χ3v) is 3.30. The Morgan fingerprint density at radius 2 is 1.74 bits per heavy atom. The zero-order chi connectivity index (χ0) is 16.1. The first kappa shape index (κ1) is 14.7. The zero-order valence-corrected chi connectivity index (χ0v) is 12.2. The van der Waals surface area contributed by atoms with Gasteiger partial charge < -0.3 is 4.57 Å². The van der Waals surface area contributed by atoms with Crippen LogP contribution >= 0.6 is 0 Å². The Bertz CT molecular complexity index is 840. The van der Waals surface area contributed by atoms with Gasteiger partial charge in [0.25, 0.3) is 5.91 Å². The van der Waals surface area contributed by atoms with Gasteiger partial charge in [-0.1, -0.05) is 30.3 Å². The predicted molar refractivity (Wildman–Crippen MR) is 87.2 cm³/mol. The summed E-state index contributed by atoms with van der Waals surface area (Å²) in [6.45, 7) is 0. The standard InChI is InChI=1S/C18H14FN3O/c19-17-11-5-4-10-16(17)18(23)21-20-13-15-9-6-12-22(15)14-7-2-1-3-8-14/h1-13H,(H,21,23)/b20-13-. The number of nitrogens with zero attached hydrogens (tertiary/aromatic N) is 2. The monoisotopic (exact) mass is 307 g/mol. The number of hydrogen-bond donors (Lipinski definition) is 1. The second-order valence-corrected chi connectivity index (χ2v) is 4.82. The number of amides is 1. The molecule has 0 aliphatic carbocycles. The molecular weight excluding hydrogens is 293 g/mol. The molecule has 0 spiro atoms. The average molecular weight is 307 g/mol. The van der Waals surface area contributed by atoms with Crippen LogP contribution in [0.15, 0.2) is 78.0 Å². The van der Waals surface area contributed by atoms with Crippen molar-refractivity contribution in [3.8, 4) is 5.69 Å². The fraction of sp³-hybridized carbons (Fsp3) is 0. The van der Waals surface area contributed by atoms with E-state index >= 15 is 0 Å². The van der Waals surface area contributed by atoms with Gasteiger partial charge >= 0.3 is 0 Å². The summed E-state index contributed by atoms with van der Waals surface area (Å²) < 4.78 is 15.4. The first-order valence-electron chi connectivity index (χ1n) is 7.06. The third kappa shape index (κ3) is 3.35. The summed E-state index contributed by atoms with van der Waals surface area (Å²) in [7, 11) is 0. The molecule has 0 atom stereocenters. The van der Waals surface area contributed by atoms with E-state index in [1.54, 1.807) is 6.07 Å². The molecule has 3 rings (SSSR count). The summed E-state index contributed by atoms with van der Waals surface area (Å²) in [5.74, 6) is -1.16. The molecule has 1 aromatic heterocycles. The van der Waals surface area contributed by atoms with Crippen LogP contribution in [0, 0.1) is 5.82 Å². The number of halogens is 1. The van der Waals surface area contributed by atoms with Crippen LogP contribution in [-0.4, -0.2) is 16.7 Å². The van der Waals surface area contributed by atoms with Crippen LogP contribution in [0.2, 0.25) is 0 Å². The number of para-hydroxylation sites is 1. The van der Waals surface area contributed by atoms with E-state index in [4.69, 9.17) is 0 Å². The van der Waals surface area contributed by atoms with Crippen LogP contribution in [0.1, 0.15) is 16.1 Å². The minimum Gasteiger partial charge on any atom is -0.316 e. The largest absolute Gasteiger partial charge is 0.316 e. The highest BCUT2D eigenvalue weighted by molar-refractivity contribution is 5.95. The smallest absolute Gasteiger partial charge is 0.274 e. The van der Waals surface area contributed by atoms with Crippen molar-refractivity contribution in [1.82, 2.24) is 9.99 Å². The Balaban J connectivity index is 1.74. The number of nitrogens with one attached hydrogen (secondary N) is 1. The number of rotatable bonds is 4. The van der Waals surface area contributed by atoms with Gasteiger partial charge in [-0.2, -0.15) is 5.10 Å². The fourth-order valence-corrected chi connectivity index (χ4v) is 2.19. The number of carbonyl (C=O) groups excluding carboxylic acids is 1. The van der Waals surface area contributed by atoms with Gasteiger partial charge in [0.05, 0.1) is 17.5 Å². The number of hydrogen-bond acceptors (Lipinski definition) is 2. The van der Waals surface area contributed by atoms with Crippen molar-refractivity contribution >= 4 is 12.1 Å². The maximum atomic E-state index is 13.5. The molecular formula is C18H14FN3O. The molecule has 3 aromatic rings. The van der Waals surface area contributed by atoms with Gasteiger partial charge in [-0.15, -0.1) is 0 Å². The Labute approximate surface area is 132 Å². The molecule has 0 unspecified atom stereocenters. The Morgan fingerprint density at radius 1 is 1.00 bits per heavy atom. The van der Waals surface area contributed by atoms with Gasteiger partial charge in [0.15, 0.2) is 0 Å². The van der Waals surface area contributed by atoms with Crippen LogP contribution in [0.25, 0.3) is 5.69 Å². The number of carbonyl (C=O) groups is 1. The van der Waals surface area contributed by atoms with Crippen molar-refractivity contribution in [3.63, 3.8) is 0 Å². The lowest BCUT2D eigenvalue weighted by molar-refractivity contribution is 0.0951. The van der Waals surface area contributed by atoms with Crippen molar-refractivity contribution in [2.24, 2.45) is 5.10 Å². The highest BCUT2D eigenvalue weighted by Crippen LogP contribution is 2.10. The Hall–Kier alpha value is -3.21. The average Bonchev–Trinajstić information content (AvgIpc) is 3.04. The second-order valence-electron chi connectivity index (χ2n) is 4.82. The molecule has 5 heteroatoms. The molecule has 2 aromatic carbocycles. The molecule has 114 valence electrons. The molecule has 0 radical (unpaired) electrons. The molecule has 0 saturated heterocycles. The summed E-state index contributed by atoms with van der Waals surface area (Å²) in [5.41, 5.74) is 4.08. The fourth-order valence-electron chi connectivity index (χ4n) is 2.19. The number of aromatic nitrogens is 1. The maximum Gasteiger partial charge on any atom is 0.274 e. The molecule has 0 fully saturated rings. The quantitative estimate of drug-likeness (QED) is 0.583. The van der Waals surface area contributed by atoms with Crippen molar-refractivity contribution < 1.29 is 9.18 Å². The van der Waals surface area contributed by atoms with Crippen LogP contribution in [0.4, 0.5) is 4.39 Å². The highest BCUT2D eigenvalue weighted by Gasteiger charge is 2.09. The minimum absolute atomic E-state index is 0.0388. The summed E-state index contributed by atoms with van der Waals surface area (Å²) >= 11 is 0. The molecule has 0 aliphatic heterocycles. The van der Waals surface area contributed by atoms with Crippen molar-refractivity contribution in [3.05, 3.63) is 90.0 Å². The summed E-state index contributed by atoms with van der Waals surface area (Å²) in [5, 5.41) is 3.91. The van der Waals surface area contributed by atoms with E-state index < -0.39 is 11.7 Å². The molecule has 1 heterocycles. The SMILES string of the molecule is O=C(N/N=C\c1cccn1-c1ccccc1)c1ccccc1F. The lowest BCUT2D eigenvalue weighted by atomic mass is 10.2.